The van der Waals surface area contributed by atoms with Gasteiger partial charge in [-0.15, -0.1) is 0 Å². The average molecular weight is 318 g/mol. The van der Waals surface area contributed by atoms with E-state index in [-0.39, 0.29) is 23.0 Å². The molecule has 0 amide bonds. The van der Waals surface area contributed by atoms with E-state index in [0.29, 0.717) is 22.3 Å². The van der Waals surface area contributed by atoms with Crippen LogP contribution in [0.15, 0.2) is 48.5 Å². The maximum Gasteiger partial charge on any atom is 0.120 e. The van der Waals surface area contributed by atoms with Gasteiger partial charge in [-0.25, -0.2) is 0 Å². The topological polar surface area (TPSA) is 80.9 Å². The van der Waals surface area contributed by atoms with Crippen molar-refractivity contribution in [3.05, 3.63) is 81.9 Å². The van der Waals surface area contributed by atoms with Crippen LogP contribution in [0.25, 0.3) is 0 Å². The zero-order chi connectivity index (χ0) is 16.6. The van der Waals surface area contributed by atoms with E-state index in [0.717, 1.165) is 11.1 Å². The van der Waals surface area contributed by atoms with E-state index in [1.54, 1.807) is 0 Å². The van der Waals surface area contributed by atoms with Gasteiger partial charge in [0.1, 0.15) is 23.0 Å². The number of hydrogen-bond donors (Lipinski definition) is 4. The van der Waals surface area contributed by atoms with Crippen molar-refractivity contribution >= 4 is 0 Å². The second kappa shape index (κ2) is 4.23. The highest BCUT2D eigenvalue weighted by atomic mass is 16.3. The Morgan fingerprint density at radius 2 is 0.750 bits per heavy atom. The Hall–Kier alpha value is -3.14. The van der Waals surface area contributed by atoms with Crippen molar-refractivity contribution in [3.8, 4) is 23.0 Å². The highest BCUT2D eigenvalue weighted by Gasteiger charge is 2.46. The molecule has 3 aliphatic rings. The average Bonchev–Trinajstić information content (AvgIpc) is 2.60. The van der Waals surface area contributed by atoms with Crippen LogP contribution in [0.3, 0.4) is 0 Å². The van der Waals surface area contributed by atoms with Crippen LogP contribution in [0.1, 0.15) is 45.2 Å². The highest BCUT2D eigenvalue weighted by molar-refractivity contribution is 5.76. The maximum absolute atomic E-state index is 10.5. The number of aromatic hydroxyl groups is 4. The van der Waals surface area contributed by atoms with Crippen LogP contribution in [0.2, 0.25) is 0 Å². The number of phenols is 4. The van der Waals surface area contributed by atoms with Gasteiger partial charge >= 0.3 is 0 Å². The van der Waals surface area contributed by atoms with Crippen molar-refractivity contribution in [2.75, 3.05) is 0 Å². The third-order valence-electron chi connectivity index (χ3n) is 5.26. The molecule has 6 rings (SSSR count). The number of rotatable bonds is 0. The van der Waals surface area contributed by atoms with Gasteiger partial charge in [0.15, 0.2) is 0 Å². The Morgan fingerprint density at radius 3 is 1.04 bits per heavy atom. The first-order valence-corrected chi connectivity index (χ1v) is 7.78. The van der Waals surface area contributed by atoms with Gasteiger partial charge in [-0.3, -0.25) is 0 Å². The fourth-order valence-electron chi connectivity index (χ4n) is 4.39. The zero-order valence-corrected chi connectivity index (χ0v) is 12.6. The molecule has 4 nitrogen and oxygen atoms in total. The lowest BCUT2D eigenvalue weighted by molar-refractivity contribution is 0.422. The lowest BCUT2D eigenvalue weighted by Crippen LogP contribution is -2.27. The minimum absolute atomic E-state index is 0.0840. The largest absolute Gasteiger partial charge is 0.508 e. The van der Waals surface area contributed by atoms with Gasteiger partial charge in [-0.2, -0.15) is 0 Å². The molecular weight excluding hydrogens is 304 g/mol. The Labute approximate surface area is 137 Å². The lowest BCUT2D eigenvalue weighted by Gasteiger charge is -2.42. The molecule has 0 saturated heterocycles. The van der Waals surface area contributed by atoms with Gasteiger partial charge in [0.05, 0.1) is 0 Å². The SMILES string of the molecule is Oc1ccc(O)c2c1C1c3ccccc3C2c2c(O)ccc(O)c21. The molecule has 0 atom stereocenters. The quantitative estimate of drug-likeness (QED) is 0.329. The van der Waals surface area contributed by atoms with Gasteiger partial charge in [0, 0.05) is 34.1 Å². The Balaban J connectivity index is 1.99. The molecule has 3 aromatic carbocycles. The molecule has 0 aliphatic heterocycles. The smallest absolute Gasteiger partial charge is 0.120 e. The summed E-state index contributed by atoms with van der Waals surface area (Å²) in [6.07, 6.45) is 0. The first-order valence-electron chi connectivity index (χ1n) is 7.78. The number of benzene rings is 3. The molecule has 0 heterocycles. The molecule has 0 aromatic heterocycles. The van der Waals surface area contributed by atoms with Crippen LogP contribution in [0.5, 0.6) is 23.0 Å². The van der Waals surface area contributed by atoms with E-state index in [1.807, 2.05) is 24.3 Å². The van der Waals surface area contributed by atoms with E-state index < -0.39 is 11.8 Å². The molecule has 0 radical (unpaired) electrons. The standard InChI is InChI=1S/C20H14O4/c21-11-5-7-13(23)19-16-10-4-2-1-3-9(10)15(17(11)19)18-12(22)6-8-14(24)20(16)18/h1-8,15-16,21-24H. The normalized spacial score (nSPS) is 19.5. The summed E-state index contributed by atoms with van der Waals surface area (Å²) in [5.74, 6) is -0.506. The first kappa shape index (κ1) is 13.3. The second-order valence-electron chi connectivity index (χ2n) is 6.36. The predicted octanol–water partition coefficient (Wildman–Crippen LogP) is 3.50. The fourth-order valence-corrected chi connectivity index (χ4v) is 4.39. The zero-order valence-electron chi connectivity index (χ0n) is 12.6. The molecule has 0 unspecified atom stereocenters. The summed E-state index contributed by atoms with van der Waals surface area (Å²) in [6.45, 7) is 0. The molecule has 0 fully saturated rings. The maximum atomic E-state index is 10.5. The summed E-state index contributed by atoms with van der Waals surface area (Å²) in [7, 11) is 0. The third kappa shape index (κ3) is 1.39. The van der Waals surface area contributed by atoms with Crippen LogP contribution in [-0.4, -0.2) is 20.4 Å². The molecule has 0 saturated carbocycles. The first-order chi connectivity index (χ1) is 11.6. The van der Waals surface area contributed by atoms with E-state index in [9.17, 15) is 20.4 Å². The summed E-state index contributed by atoms with van der Waals surface area (Å²) < 4.78 is 0. The third-order valence-corrected chi connectivity index (χ3v) is 5.26. The molecule has 3 aliphatic carbocycles. The summed E-state index contributed by atoms with van der Waals surface area (Å²) in [4.78, 5) is 0. The van der Waals surface area contributed by atoms with E-state index in [2.05, 4.69) is 0 Å². The molecule has 24 heavy (non-hydrogen) atoms. The summed E-state index contributed by atoms with van der Waals surface area (Å²) in [5, 5.41) is 41.8. The molecule has 2 bridgehead atoms. The van der Waals surface area contributed by atoms with Crippen LogP contribution >= 0.6 is 0 Å². The summed E-state index contributed by atoms with van der Waals surface area (Å²) in [6, 6.07) is 13.6. The van der Waals surface area contributed by atoms with Crippen molar-refractivity contribution in [1.82, 2.24) is 0 Å². The van der Waals surface area contributed by atoms with Gasteiger partial charge in [0.25, 0.3) is 0 Å². The van der Waals surface area contributed by atoms with Gasteiger partial charge < -0.3 is 20.4 Å². The van der Waals surface area contributed by atoms with E-state index in [4.69, 9.17) is 0 Å². The number of hydrogen-bond acceptors (Lipinski definition) is 4. The van der Waals surface area contributed by atoms with Gasteiger partial charge in [0.2, 0.25) is 0 Å². The Morgan fingerprint density at radius 1 is 0.458 bits per heavy atom. The lowest BCUT2D eigenvalue weighted by atomic mass is 9.60. The van der Waals surface area contributed by atoms with Gasteiger partial charge in [-0.05, 0) is 35.4 Å². The molecule has 4 heteroatoms. The van der Waals surface area contributed by atoms with E-state index in [1.165, 1.54) is 24.3 Å². The summed E-state index contributed by atoms with van der Waals surface area (Å²) in [5.41, 5.74) is 4.37. The van der Waals surface area contributed by atoms with Crippen LogP contribution in [0.4, 0.5) is 0 Å². The molecular formula is C20H14O4. The monoisotopic (exact) mass is 318 g/mol. The van der Waals surface area contributed by atoms with Crippen LogP contribution in [-0.2, 0) is 0 Å². The Bertz CT molecular complexity index is 882. The van der Waals surface area contributed by atoms with Crippen molar-refractivity contribution in [2.45, 2.75) is 11.8 Å². The van der Waals surface area contributed by atoms with Crippen molar-refractivity contribution in [1.29, 1.82) is 0 Å². The van der Waals surface area contributed by atoms with Crippen molar-refractivity contribution in [2.24, 2.45) is 0 Å². The predicted molar refractivity (Wildman–Crippen MR) is 87.9 cm³/mol. The molecule has 4 N–H and O–H groups in total. The molecule has 0 spiro atoms. The van der Waals surface area contributed by atoms with Crippen molar-refractivity contribution in [3.63, 3.8) is 0 Å². The van der Waals surface area contributed by atoms with Crippen LogP contribution in [0, 0.1) is 0 Å². The minimum atomic E-state index is -0.421. The molecule has 118 valence electrons. The van der Waals surface area contributed by atoms with Crippen molar-refractivity contribution < 1.29 is 20.4 Å². The summed E-state index contributed by atoms with van der Waals surface area (Å²) >= 11 is 0. The molecule has 3 aromatic rings. The minimum Gasteiger partial charge on any atom is -0.508 e. The van der Waals surface area contributed by atoms with Crippen LogP contribution < -0.4 is 0 Å². The van der Waals surface area contributed by atoms with Gasteiger partial charge in [-0.1, -0.05) is 24.3 Å². The Kier molecular flexibility index (Phi) is 2.35. The fraction of sp³-hybridized carbons (Fsp3) is 0.100. The highest BCUT2D eigenvalue weighted by Crippen LogP contribution is 2.62. The second-order valence-corrected chi connectivity index (χ2v) is 6.36. The van der Waals surface area contributed by atoms with E-state index >= 15 is 0 Å². The number of phenolic OH excluding ortho intramolecular Hbond substituents is 4.